The highest BCUT2D eigenvalue weighted by molar-refractivity contribution is 7.47. The molecule has 3 N–H and O–H groups in total. The predicted octanol–water partition coefficient (Wildman–Crippen LogP) is 28.0. The van der Waals surface area contributed by atoms with Crippen molar-refractivity contribution in [3.8, 4) is 0 Å². The van der Waals surface area contributed by atoms with Crippen molar-refractivity contribution in [2.24, 2.45) is 17.8 Å². The maximum atomic E-state index is 13.2. The SMILES string of the molecule is CCCCCCCCCCCCCCCCCCCC(=O)O[C@H](COC(=O)CCCCCCCCCCCC(C)C)COP(=O)(O)OC[C@H](O)COP(=O)(O)OC[C@@H](COC(=O)CCCCCCCCCCCCCCCCCCC(C)C)OC(=O)CCCCCCCCCCCCCCCCCCCCC(C)CC. The van der Waals surface area contributed by atoms with Crippen LogP contribution in [0.2, 0.25) is 0 Å². The van der Waals surface area contributed by atoms with E-state index < -0.39 is 97.5 Å². The smallest absolute Gasteiger partial charge is 0.462 e. The molecule has 0 aliphatic carbocycles. The first-order chi connectivity index (χ1) is 53.3. The van der Waals surface area contributed by atoms with Gasteiger partial charge in [0.2, 0.25) is 0 Å². The molecule has 0 aliphatic rings. The summed E-state index contributed by atoms with van der Waals surface area (Å²) >= 11 is 0. The molecule has 0 aromatic rings. The topological polar surface area (TPSA) is 237 Å². The fourth-order valence-corrected chi connectivity index (χ4v) is 15.8. The van der Waals surface area contributed by atoms with Crippen molar-refractivity contribution in [3.05, 3.63) is 0 Å². The number of carbonyl (C=O) groups is 4. The Labute approximate surface area is 677 Å². The highest BCUT2D eigenvalue weighted by Gasteiger charge is 2.31. The Kier molecular flexibility index (Phi) is 79.4. The zero-order valence-corrected chi connectivity index (χ0v) is 74.5. The van der Waals surface area contributed by atoms with Crippen LogP contribution >= 0.6 is 15.6 Å². The fourth-order valence-electron chi connectivity index (χ4n) is 14.2. The summed E-state index contributed by atoms with van der Waals surface area (Å²) in [5, 5.41) is 10.7. The van der Waals surface area contributed by atoms with Crippen molar-refractivity contribution in [2.45, 2.75) is 503 Å². The number of phosphoric ester groups is 2. The van der Waals surface area contributed by atoms with Gasteiger partial charge >= 0.3 is 39.5 Å². The number of carbonyl (C=O) groups excluding carboxylic acids is 4. The van der Waals surface area contributed by atoms with Crippen LogP contribution in [0.3, 0.4) is 0 Å². The van der Waals surface area contributed by atoms with E-state index in [9.17, 15) is 43.2 Å². The summed E-state index contributed by atoms with van der Waals surface area (Å²) in [5.41, 5.74) is 0. The van der Waals surface area contributed by atoms with Gasteiger partial charge in [-0.1, -0.05) is 434 Å². The zero-order chi connectivity index (χ0) is 80.8. The molecule has 0 saturated heterocycles. The van der Waals surface area contributed by atoms with Gasteiger partial charge in [0.25, 0.3) is 0 Å². The maximum absolute atomic E-state index is 13.2. The van der Waals surface area contributed by atoms with Crippen molar-refractivity contribution >= 4 is 39.5 Å². The van der Waals surface area contributed by atoms with Crippen molar-refractivity contribution in [1.29, 1.82) is 0 Å². The number of hydrogen-bond acceptors (Lipinski definition) is 15. The number of hydrogen-bond donors (Lipinski definition) is 3. The molecule has 19 heteroatoms. The Bertz CT molecular complexity index is 2120. The van der Waals surface area contributed by atoms with E-state index in [0.29, 0.717) is 25.7 Å². The molecule has 17 nitrogen and oxygen atoms in total. The van der Waals surface area contributed by atoms with Crippen LogP contribution in [0.5, 0.6) is 0 Å². The zero-order valence-electron chi connectivity index (χ0n) is 72.7. The molecule has 6 atom stereocenters. The predicted molar refractivity (Wildman–Crippen MR) is 455 cm³/mol. The van der Waals surface area contributed by atoms with E-state index in [1.54, 1.807) is 0 Å². The monoisotopic (exact) mass is 1610 g/mol. The molecule has 0 radical (unpaired) electrons. The van der Waals surface area contributed by atoms with Crippen LogP contribution in [0.25, 0.3) is 0 Å². The molecule has 0 aromatic carbocycles. The summed E-state index contributed by atoms with van der Waals surface area (Å²) in [6, 6.07) is 0. The minimum Gasteiger partial charge on any atom is -0.462 e. The maximum Gasteiger partial charge on any atom is 0.472 e. The summed E-state index contributed by atoms with van der Waals surface area (Å²) in [5.74, 6) is 0.330. The third-order valence-electron chi connectivity index (χ3n) is 21.7. The van der Waals surface area contributed by atoms with Gasteiger partial charge in [0.1, 0.15) is 19.3 Å². The molecule has 0 saturated carbocycles. The van der Waals surface area contributed by atoms with Gasteiger partial charge in [-0.2, -0.15) is 0 Å². The second kappa shape index (κ2) is 80.8. The van der Waals surface area contributed by atoms with E-state index in [1.807, 2.05) is 0 Å². The first-order valence-electron chi connectivity index (χ1n) is 46.9. The van der Waals surface area contributed by atoms with E-state index in [2.05, 4.69) is 48.5 Å². The lowest BCUT2D eigenvalue weighted by atomic mass is 9.99. The average Bonchev–Trinajstić information content (AvgIpc) is 0.901. The molecular weight excluding hydrogens is 1430 g/mol. The first-order valence-corrected chi connectivity index (χ1v) is 49.9. The van der Waals surface area contributed by atoms with Gasteiger partial charge in [0.15, 0.2) is 12.2 Å². The third kappa shape index (κ3) is 82.6. The Morgan fingerprint density at radius 3 is 0.691 bits per heavy atom. The Morgan fingerprint density at radius 2 is 0.464 bits per heavy atom. The number of esters is 4. The molecule has 0 spiro atoms. The van der Waals surface area contributed by atoms with E-state index in [-0.39, 0.29) is 25.7 Å². The van der Waals surface area contributed by atoms with E-state index >= 15 is 0 Å². The van der Waals surface area contributed by atoms with Gasteiger partial charge in [0, 0.05) is 25.7 Å². The van der Waals surface area contributed by atoms with Crippen LogP contribution in [0.4, 0.5) is 0 Å². The molecule has 0 aliphatic heterocycles. The van der Waals surface area contributed by atoms with Crippen molar-refractivity contribution in [1.82, 2.24) is 0 Å². The summed E-state index contributed by atoms with van der Waals surface area (Å²) in [4.78, 5) is 73.4. The number of aliphatic hydroxyl groups is 1. The van der Waals surface area contributed by atoms with Gasteiger partial charge in [-0.3, -0.25) is 37.3 Å². The number of phosphoric acid groups is 2. The van der Waals surface area contributed by atoms with Crippen LogP contribution in [0.15, 0.2) is 0 Å². The second-order valence-electron chi connectivity index (χ2n) is 33.9. The van der Waals surface area contributed by atoms with E-state index in [1.165, 1.54) is 295 Å². The van der Waals surface area contributed by atoms with Crippen molar-refractivity contribution in [3.63, 3.8) is 0 Å². The lowest BCUT2D eigenvalue weighted by molar-refractivity contribution is -0.161. The number of aliphatic hydroxyl groups excluding tert-OH is 1. The molecule has 0 fully saturated rings. The quantitative estimate of drug-likeness (QED) is 0.0222. The summed E-state index contributed by atoms with van der Waals surface area (Å²) < 4.78 is 69.1. The van der Waals surface area contributed by atoms with Crippen LogP contribution < -0.4 is 0 Å². The van der Waals surface area contributed by atoms with Crippen LogP contribution in [0, 0.1) is 17.8 Å². The third-order valence-corrected chi connectivity index (χ3v) is 23.6. The normalized spacial score (nSPS) is 14.0. The second-order valence-corrected chi connectivity index (χ2v) is 36.8. The lowest BCUT2D eigenvalue weighted by Gasteiger charge is -2.21. The molecule has 0 rings (SSSR count). The van der Waals surface area contributed by atoms with Crippen molar-refractivity contribution in [2.75, 3.05) is 39.6 Å². The molecule has 0 heterocycles. The number of rotatable bonds is 89. The fraction of sp³-hybridized carbons (Fsp3) is 0.956. The minimum atomic E-state index is -4.97. The lowest BCUT2D eigenvalue weighted by Crippen LogP contribution is -2.30. The molecule has 654 valence electrons. The summed E-state index contributed by atoms with van der Waals surface area (Å²) in [7, 11) is -9.94. The Morgan fingerprint density at radius 1 is 0.264 bits per heavy atom. The van der Waals surface area contributed by atoms with Crippen LogP contribution in [-0.4, -0.2) is 96.7 Å². The standard InChI is InChI=1S/C91H178O17P2/c1-8-10-11-12-13-14-15-16-17-20-28-33-38-45-53-60-67-74-91(96)108-87(79-102-89(94)73-66-59-52-47-40-42-49-56-63-70-83(5)6)81-106-110(99,100)104-77-85(92)76-103-109(97,98)105-80-86(78-101-88(93)72-65-58-51-44-37-32-27-24-23-25-30-35-41-48-55-62-69-82(3)4)107-90(95)75-68-61-54-46-39-34-29-22-19-18-21-26-31-36-43-50-57-64-71-84(7)9-2/h82-87,92H,8-81H2,1-7H3,(H,97,98)(H,99,100)/t84?,85-,86-,87-/m1/s1. The largest absolute Gasteiger partial charge is 0.472 e. The van der Waals surface area contributed by atoms with E-state index in [4.69, 9.17) is 37.0 Å². The number of unbranched alkanes of at least 4 members (excludes halogenated alkanes) is 56. The van der Waals surface area contributed by atoms with Gasteiger partial charge in [-0.25, -0.2) is 9.13 Å². The van der Waals surface area contributed by atoms with Gasteiger partial charge in [0.05, 0.1) is 26.4 Å². The Balaban J connectivity index is 5.25. The summed E-state index contributed by atoms with van der Waals surface area (Å²) in [6.45, 7) is 12.1. The molecule has 3 unspecified atom stereocenters. The van der Waals surface area contributed by atoms with Crippen LogP contribution in [0.1, 0.15) is 485 Å². The summed E-state index contributed by atoms with van der Waals surface area (Å²) in [6.07, 6.45) is 73.6. The van der Waals surface area contributed by atoms with Gasteiger partial charge in [-0.15, -0.1) is 0 Å². The highest BCUT2D eigenvalue weighted by Crippen LogP contribution is 2.45. The molecule has 110 heavy (non-hydrogen) atoms. The molecule has 0 amide bonds. The number of ether oxygens (including phenoxy) is 4. The van der Waals surface area contributed by atoms with Gasteiger partial charge in [-0.05, 0) is 43.4 Å². The highest BCUT2D eigenvalue weighted by atomic mass is 31.2. The van der Waals surface area contributed by atoms with Crippen molar-refractivity contribution < 1.29 is 80.2 Å². The van der Waals surface area contributed by atoms with E-state index in [0.717, 1.165) is 108 Å². The Hall–Kier alpha value is -1.94. The average molecular weight is 1610 g/mol. The van der Waals surface area contributed by atoms with Gasteiger partial charge < -0.3 is 33.8 Å². The minimum absolute atomic E-state index is 0.108. The van der Waals surface area contributed by atoms with Crippen LogP contribution in [-0.2, 0) is 65.4 Å². The molecular formula is C91H178O17P2. The first kappa shape index (κ1) is 108. The molecule has 0 aromatic heterocycles. The molecule has 0 bridgehead atoms.